The summed E-state index contributed by atoms with van der Waals surface area (Å²) in [4.78, 5) is 15.1. The fourth-order valence-electron chi connectivity index (χ4n) is 8.87. The largest absolute Gasteiger partial charge is 0.453 e. The molecule has 4 heterocycles. The molecule has 0 fully saturated rings. The molecule has 0 radical (unpaired) electrons. The smallest absolute Gasteiger partial charge is 0.167 e. The molecule has 0 saturated heterocycles. The van der Waals surface area contributed by atoms with E-state index in [1.165, 1.54) is 0 Å². The molecular formula is C52H30N6O. The quantitative estimate of drug-likeness (QED) is 0.175. The molecule has 7 nitrogen and oxygen atoms in total. The third-order valence-corrected chi connectivity index (χ3v) is 11.4. The maximum atomic E-state index is 11.4. The average Bonchev–Trinajstić information content (AvgIpc) is 3.97. The summed E-state index contributed by atoms with van der Waals surface area (Å²) in [6.45, 7) is 0. The van der Waals surface area contributed by atoms with Gasteiger partial charge in [-0.05, 0) is 36.4 Å². The number of benzene rings is 8. The maximum Gasteiger partial charge on any atom is 0.167 e. The van der Waals surface area contributed by atoms with Crippen molar-refractivity contribution in [1.29, 1.82) is 5.26 Å². The van der Waals surface area contributed by atoms with Crippen LogP contribution >= 0.6 is 0 Å². The summed E-state index contributed by atoms with van der Waals surface area (Å²) in [6, 6.07) is 64.4. The lowest BCUT2D eigenvalue weighted by Crippen LogP contribution is -2.02. The number of hydrogen-bond acceptors (Lipinski definition) is 5. The Morgan fingerprint density at radius 1 is 0.407 bits per heavy atom. The molecule has 0 aliphatic rings. The zero-order chi connectivity index (χ0) is 39.0. The fraction of sp³-hybridized carbons (Fsp3) is 0. The Balaban J connectivity index is 1.23. The summed E-state index contributed by atoms with van der Waals surface area (Å²) in [5.74, 6) is 1.58. The first kappa shape index (κ1) is 32.9. The van der Waals surface area contributed by atoms with Gasteiger partial charge in [-0.1, -0.05) is 146 Å². The van der Waals surface area contributed by atoms with Crippen LogP contribution in [-0.2, 0) is 0 Å². The molecule has 0 amide bonds. The van der Waals surface area contributed by atoms with Crippen LogP contribution in [0.4, 0.5) is 0 Å². The second-order valence-corrected chi connectivity index (χ2v) is 14.7. The van der Waals surface area contributed by atoms with Crippen LogP contribution in [0.3, 0.4) is 0 Å². The van der Waals surface area contributed by atoms with Gasteiger partial charge < -0.3 is 13.6 Å². The molecule has 12 rings (SSSR count). The SMILES string of the molecule is N#Cc1c(-n2c3ccccc3c3ccccc32)cc(-n2c3ccccc3c3ccccc32)c2oc3c(-c4nc(-c5ccccc5)nc(-c5ccccc5)n4)cccc3c12. The van der Waals surface area contributed by atoms with Crippen LogP contribution in [0.15, 0.2) is 186 Å². The lowest BCUT2D eigenvalue weighted by molar-refractivity contribution is 0.666. The van der Waals surface area contributed by atoms with Crippen molar-refractivity contribution in [1.82, 2.24) is 24.1 Å². The van der Waals surface area contributed by atoms with Gasteiger partial charge in [-0.3, -0.25) is 0 Å². The Labute approximate surface area is 337 Å². The molecular weight excluding hydrogens is 725 g/mol. The highest BCUT2D eigenvalue weighted by molar-refractivity contribution is 6.18. The van der Waals surface area contributed by atoms with Gasteiger partial charge in [-0.25, -0.2) is 15.0 Å². The predicted octanol–water partition coefficient (Wildman–Crippen LogP) is 12.8. The van der Waals surface area contributed by atoms with E-state index >= 15 is 0 Å². The molecule has 59 heavy (non-hydrogen) atoms. The van der Waals surface area contributed by atoms with Crippen LogP contribution < -0.4 is 0 Å². The summed E-state index contributed by atoms with van der Waals surface area (Å²) in [6.07, 6.45) is 0. The number of furan rings is 1. The Hall–Kier alpha value is -8.34. The molecule has 0 bridgehead atoms. The van der Waals surface area contributed by atoms with Crippen LogP contribution in [0.5, 0.6) is 0 Å². The molecule has 0 spiro atoms. The minimum absolute atomic E-state index is 0.474. The third kappa shape index (κ3) is 4.90. The van der Waals surface area contributed by atoms with E-state index in [1.54, 1.807) is 0 Å². The standard InChI is InChI=1S/C52H30N6O/c53-31-40-45(57-41-26-11-7-20-34(41)35-21-8-12-27-42(35)57)30-46(58-43-28-13-9-22-36(43)37-23-10-14-29-44(37)58)49-47(40)38-24-15-25-39(48(38)59-49)52-55-50(32-16-3-1-4-17-32)54-51(56-52)33-18-5-2-6-19-33/h1-30H. The van der Waals surface area contributed by atoms with Gasteiger partial charge in [0.1, 0.15) is 11.7 Å². The lowest BCUT2D eigenvalue weighted by atomic mass is 10.0. The van der Waals surface area contributed by atoms with E-state index in [0.29, 0.717) is 39.8 Å². The summed E-state index contributed by atoms with van der Waals surface area (Å²) in [5.41, 5.74) is 9.83. The van der Waals surface area contributed by atoms with Crippen molar-refractivity contribution in [2.75, 3.05) is 0 Å². The van der Waals surface area contributed by atoms with Crippen LogP contribution in [0, 0.1) is 11.3 Å². The normalized spacial score (nSPS) is 11.7. The van der Waals surface area contributed by atoms with E-state index in [2.05, 4.69) is 118 Å². The lowest BCUT2D eigenvalue weighted by Gasteiger charge is -2.15. The molecule has 0 N–H and O–H groups in total. The number of aromatic nitrogens is 5. The van der Waals surface area contributed by atoms with Crippen LogP contribution in [0.1, 0.15) is 5.56 Å². The zero-order valence-corrected chi connectivity index (χ0v) is 31.4. The van der Waals surface area contributed by atoms with E-state index in [1.807, 2.05) is 78.9 Å². The van der Waals surface area contributed by atoms with Crippen molar-refractivity contribution >= 4 is 65.6 Å². The summed E-state index contributed by atoms with van der Waals surface area (Å²) >= 11 is 0. The number of nitrogens with zero attached hydrogens (tertiary/aromatic N) is 6. The fourth-order valence-corrected chi connectivity index (χ4v) is 8.87. The van der Waals surface area contributed by atoms with E-state index in [4.69, 9.17) is 19.4 Å². The zero-order valence-electron chi connectivity index (χ0n) is 31.4. The van der Waals surface area contributed by atoms with E-state index in [-0.39, 0.29) is 0 Å². The second kappa shape index (κ2) is 12.8. The first-order valence-corrected chi connectivity index (χ1v) is 19.5. The predicted molar refractivity (Wildman–Crippen MR) is 237 cm³/mol. The van der Waals surface area contributed by atoms with E-state index in [9.17, 15) is 5.26 Å². The number of fused-ring (bicyclic) bond motifs is 9. The Morgan fingerprint density at radius 3 is 1.32 bits per heavy atom. The molecule has 4 aromatic heterocycles. The Morgan fingerprint density at radius 2 is 0.831 bits per heavy atom. The molecule has 0 aliphatic carbocycles. The summed E-state index contributed by atoms with van der Waals surface area (Å²) < 4.78 is 11.7. The maximum absolute atomic E-state index is 11.4. The van der Waals surface area contributed by atoms with Crippen molar-refractivity contribution in [2.45, 2.75) is 0 Å². The van der Waals surface area contributed by atoms with Crippen molar-refractivity contribution in [2.24, 2.45) is 0 Å². The number of hydrogen-bond donors (Lipinski definition) is 0. The molecule has 7 heteroatoms. The average molecular weight is 755 g/mol. The monoisotopic (exact) mass is 754 g/mol. The molecule has 274 valence electrons. The molecule has 0 unspecified atom stereocenters. The van der Waals surface area contributed by atoms with Crippen LogP contribution in [-0.4, -0.2) is 24.1 Å². The summed E-state index contributed by atoms with van der Waals surface area (Å²) in [7, 11) is 0. The minimum Gasteiger partial charge on any atom is -0.453 e. The molecule has 12 aromatic rings. The van der Waals surface area contributed by atoms with Gasteiger partial charge in [0.2, 0.25) is 0 Å². The molecule has 0 aliphatic heterocycles. The van der Waals surface area contributed by atoms with E-state index in [0.717, 1.165) is 76.9 Å². The number of rotatable bonds is 5. The topological polar surface area (TPSA) is 85.5 Å². The molecule has 0 saturated carbocycles. The Kier molecular flexibility index (Phi) is 7.16. The van der Waals surface area contributed by atoms with Crippen molar-refractivity contribution in [3.05, 3.63) is 188 Å². The highest BCUT2D eigenvalue weighted by Crippen LogP contribution is 2.45. The highest BCUT2D eigenvalue weighted by Gasteiger charge is 2.27. The van der Waals surface area contributed by atoms with Gasteiger partial charge >= 0.3 is 0 Å². The Bertz CT molecular complexity index is 3520. The van der Waals surface area contributed by atoms with Crippen molar-refractivity contribution in [3.63, 3.8) is 0 Å². The van der Waals surface area contributed by atoms with Gasteiger partial charge in [0.25, 0.3) is 0 Å². The van der Waals surface area contributed by atoms with Crippen LogP contribution in [0.25, 0.3) is 111 Å². The number of para-hydroxylation sites is 5. The second-order valence-electron chi connectivity index (χ2n) is 14.7. The van der Waals surface area contributed by atoms with Crippen molar-refractivity contribution < 1.29 is 4.42 Å². The van der Waals surface area contributed by atoms with E-state index < -0.39 is 0 Å². The first-order chi connectivity index (χ1) is 29.2. The number of nitriles is 1. The minimum atomic E-state index is 0.474. The third-order valence-electron chi connectivity index (χ3n) is 11.4. The highest BCUT2D eigenvalue weighted by atomic mass is 16.3. The summed E-state index contributed by atoms with van der Waals surface area (Å²) in [5, 5.41) is 17.4. The van der Waals surface area contributed by atoms with Gasteiger partial charge in [-0.15, -0.1) is 0 Å². The van der Waals surface area contributed by atoms with Gasteiger partial charge in [0.15, 0.2) is 23.1 Å². The van der Waals surface area contributed by atoms with Crippen LogP contribution in [0.2, 0.25) is 0 Å². The van der Waals surface area contributed by atoms with Gasteiger partial charge in [0, 0.05) is 38.1 Å². The van der Waals surface area contributed by atoms with Gasteiger partial charge in [0.05, 0.1) is 50.0 Å². The molecule has 8 aromatic carbocycles. The first-order valence-electron chi connectivity index (χ1n) is 19.5. The van der Waals surface area contributed by atoms with Gasteiger partial charge in [-0.2, -0.15) is 5.26 Å². The molecule has 0 atom stereocenters. The van der Waals surface area contributed by atoms with Crippen molar-refractivity contribution in [3.8, 4) is 51.6 Å².